The van der Waals surface area contributed by atoms with Gasteiger partial charge in [-0.25, -0.2) is 9.18 Å². The van der Waals surface area contributed by atoms with Crippen molar-refractivity contribution in [3.8, 4) is 0 Å². The van der Waals surface area contributed by atoms with Gasteiger partial charge >= 0.3 is 5.97 Å². The maximum Gasteiger partial charge on any atom is 0.341 e. The number of aryl methyl sites for hydroxylation is 1. The first-order valence-electron chi connectivity index (χ1n) is 8.48. The van der Waals surface area contributed by atoms with Crippen molar-refractivity contribution in [1.82, 2.24) is 0 Å². The molecule has 0 spiro atoms. The molecular formula is C19H20FNO3S. The Bertz CT molecular complexity index is 800. The number of halogens is 1. The number of amides is 1. The van der Waals surface area contributed by atoms with Gasteiger partial charge < -0.3 is 10.1 Å². The first-order chi connectivity index (χ1) is 12.1. The van der Waals surface area contributed by atoms with Gasteiger partial charge in [-0.3, -0.25) is 4.79 Å². The normalized spacial score (nSPS) is 13.2. The summed E-state index contributed by atoms with van der Waals surface area (Å²) >= 11 is 1.42. The summed E-state index contributed by atoms with van der Waals surface area (Å²) in [5, 5.41) is 3.28. The van der Waals surface area contributed by atoms with E-state index in [-0.39, 0.29) is 5.56 Å². The number of carbonyl (C=O) groups is 2. The quantitative estimate of drug-likeness (QED) is 0.793. The molecule has 0 aliphatic heterocycles. The molecule has 0 unspecified atom stereocenters. The second-order valence-corrected chi connectivity index (χ2v) is 7.12. The molecule has 1 aliphatic rings. The molecule has 1 heterocycles. The van der Waals surface area contributed by atoms with Gasteiger partial charge in [-0.05, 0) is 55.9 Å². The van der Waals surface area contributed by atoms with Crippen LogP contribution in [0.3, 0.4) is 0 Å². The fourth-order valence-corrected chi connectivity index (χ4v) is 4.21. The van der Waals surface area contributed by atoms with Crippen molar-refractivity contribution < 1.29 is 18.7 Å². The molecule has 0 fully saturated rings. The third-order valence-corrected chi connectivity index (χ3v) is 5.33. The monoisotopic (exact) mass is 361 g/mol. The summed E-state index contributed by atoms with van der Waals surface area (Å²) in [5.74, 6) is -1.29. The van der Waals surface area contributed by atoms with Gasteiger partial charge in [0, 0.05) is 10.4 Å². The van der Waals surface area contributed by atoms with Crippen LogP contribution < -0.4 is 5.32 Å². The number of carbonyl (C=O) groups excluding carboxylic acids is 2. The molecule has 6 heteroatoms. The molecule has 2 aromatic rings. The Morgan fingerprint density at radius 2 is 2.08 bits per heavy atom. The zero-order chi connectivity index (χ0) is 17.8. The second-order valence-electron chi connectivity index (χ2n) is 6.02. The summed E-state index contributed by atoms with van der Waals surface area (Å²) in [5.41, 5.74) is 1.68. The van der Waals surface area contributed by atoms with Gasteiger partial charge in [-0.15, -0.1) is 11.3 Å². The molecule has 1 N–H and O–H groups in total. The third-order valence-electron chi connectivity index (χ3n) is 4.13. The van der Waals surface area contributed by atoms with E-state index in [1.807, 2.05) is 6.92 Å². The number of ether oxygens (including phenoxy) is 1. The zero-order valence-electron chi connectivity index (χ0n) is 14.1. The van der Waals surface area contributed by atoms with Gasteiger partial charge in [0.05, 0.1) is 12.2 Å². The minimum Gasteiger partial charge on any atom is -0.462 e. The van der Waals surface area contributed by atoms with E-state index in [0.29, 0.717) is 17.2 Å². The van der Waals surface area contributed by atoms with Crippen LogP contribution in [-0.2, 0) is 17.6 Å². The van der Waals surface area contributed by atoms with E-state index in [1.165, 1.54) is 29.5 Å². The molecule has 1 aromatic heterocycles. The maximum absolute atomic E-state index is 13.3. The maximum atomic E-state index is 13.3. The Morgan fingerprint density at radius 3 is 2.84 bits per heavy atom. The van der Waals surface area contributed by atoms with E-state index >= 15 is 0 Å². The summed E-state index contributed by atoms with van der Waals surface area (Å²) in [4.78, 5) is 26.1. The average Bonchev–Trinajstić information content (AvgIpc) is 2.97. The largest absolute Gasteiger partial charge is 0.462 e. The van der Waals surface area contributed by atoms with Crippen molar-refractivity contribution in [2.24, 2.45) is 0 Å². The highest BCUT2D eigenvalue weighted by atomic mass is 32.1. The number of nitrogens with one attached hydrogen (secondary N) is 1. The van der Waals surface area contributed by atoms with Gasteiger partial charge in [0.2, 0.25) is 0 Å². The predicted molar refractivity (Wildman–Crippen MR) is 95.9 cm³/mol. The topological polar surface area (TPSA) is 55.4 Å². The van der Waals surface area contributed by atoms with Crippen LogP contribution in [-0.4, -0.2) is 18.5 Å². The summed E-state index contributed by atoms with van der Waals surface area (Å²) in [7, 11) is 0. The summed E-state index contributed by atoms with van der Waals surface area (Å²) < 4.78 is 18.7. The molecule has 132 valence electrons. The standard InChI is InChI=1S/C19H20FNO3S/c1-2-10-24-19(23)16-14-8-3-4-9-15(14)25-18(16)21-17(22)12-6-5-7-13(20)11-12/h5-7,11H,2-4,8-10H2,1H3,(H,21,22). The third kappa shape index (κ3) is 3.90. The molecule has 3 rings (SSSR count). The van der Waals surface area contributed by atoms with Crippen LogP contribution in [0.5, 0.6) is 0 Å². The van der Waals surface area contributed by atoms with Gasteiger partial charge in [0.25, 0.3) is 5.91 Å². The molecule has 0 radical (unpaired) electrons. The second kappa shape index (κ2) is 7.78. The highest BCUT2D eigenvalue weighted by Gasteiger charge is 2.27. The molecule has 0 atom stereocenters. The SMILES string of the molecule is CCCOC(=O)c1c(NC(=O)c2cccc(F)c2)sc2c1CCCC2. The highest BCUT2D eigenvalue weighted by molar-refractivity contribution is 7.17. The van der Waals surface area contributed by atoms with E-state index in [4.69, 9.17) is 4.74 Å². The van der Waals surface area contributed by atoms with Crippen molar-refractivity contribution in [3.63, 3.8) is 0 Å². The molecule has 1 amide bonds. The number of esters is 1. The molecule has 1 aromatic carbocycles. The number of anilines is 1. The van der Waals surface area contributed by atoms with Gasteiger partial charge in [0.1, 0.15) is 10.8 Å². The predicted octanol–water partition coefficient (Wildman–Crippen LogP) is 4.59. The van der Waals surface area contributed by atoms with Crippen LogP contribution in [0.15, 0.2) is 24.3 Å². The molecule has 1 aliphatic carbocycles. The zero-order valence-corrected chi connectivity index (χ0v) is 14.9. The van der Waals surface area contributed by atoms with Crippen molar-refractivity contribution >= 4 is 28.2 Å². The number of thiophene rings is 1. The van der Waals surface area contributed by atoms with Crippen LogP contribution >= 0.6 is 11.3 Å². The van der Waals surface area contributed by atoms with E-state index in [0.717, 1.165) is 42.5 Å². The van der Waals surface area contributed by atoms with Crippen LogP contribution in [0, 0.1) is 5.82 Å². The smallest absolute Gasteiger partial charge is 0.341 e. The van der Waals surface area contributed by atoms with Gasteiger partial charge in [-0.1, -0.05) is 13.0 Å². The summed E-state index contributed by atoms with van der Waals surface area (Å²) in [6.45, 7) is 2.28. The van der Waals surface area contributed by atoms with E-state index in [9.17, 15) is 14.0 Å². The van der Waals surface area contributed by atoms with Crippen molar-refractivity contribution in [1.29, 1.82) is 0 Å². The molecule has 25 heavy (non-hydrogen) atoms. The lowest BCUT2D eigenvalue weighted by molar-refractivity contribution is 0.0505. The number of hydrogen-bond acceptors (Lipinski definition) is 4. The summed E-state index contributed by atoms with van der Waals surface area (Å²) in [6.07, 6.45) is 4.56. The van der Waals surface area contributed by atoms with Crippen molar-refractivity contribution in [2.45, 2.75) is 39.0 Å². The summed E-state index contributed by atoms with van der Waals surface area (Å²) in [6, 6.07) is 5.49. The van der Waals surface area contributed by atoms with E-state index < -0.39 is 17.7 Å². The van der Waals surface area contributed by atoms with Crippen LogP contribution in [0.2, 0.25) is 0 Å². The molecular weight excluding hydrogens is 341 g/mol. The fraction of sp³-hybridized carbons (Fsp3) is 0.368. The Labute approximate surface area is 150 Å². The minimum atomic E-state index is -0.472. The van der Waals surface area contributed by atoms with Crippen LogP contribution in [0.1, 0.15) is 57.3 Å². The van der Waals surface area contributed by atoms with Crippen molar-refractivity contribution in [3.05, 3.63) is 51.7 Å². The Kier molecular flexibility index (Phi) is 5.48. The first-order valence-corrected chi connectivity index (χ1v) is 9.30. The molecule has 4 nitrogen and oxygen atoms in total. The molecule has 0 saturated heterocycles. The Morgan fingerprint density at radius 1 is 1.28 bits per heavy atom. The lowest BCUT2D eigenvalue weighted by Gasteiger charge is -2.12. The Balaban J connectivity index is 1.90. The molecule has 0 bridgehead atoms. The van der Waals surface area contributed by atoms with Crippen LogP contribution in [0.4, 0.5) is 9.39 Å². The van der Waals surface area contributed by atoms with Crippen LogP contribution in [0.25, 0.3) is 0 Å². The molecule has 0 saturated carbocycles. The number of rotatable bonds is 5. The highest BCUT2D eigenvalue weighted by Crippen LogP contribution is 2.38. The average molecular weight is 361 g/mol. The number of fused-ring (bicyclic) bond motifs is 1. The number of hydrogen-bond donors (Lipinski definition) is 1. The van der Waals surface area contributed by atoms with E-state index in [2.05, 4.69) is 5.32 Å². The van der Waals surface area contributed by atoms with Gasteiger partial charge in [-0.2, -0.15) is 0 Å². The lowest BCUT2D eigenvalue weighted by atomic mass is 9.95. The first kappa shape index (κ1) is 17.6. The van der Waals surface area contributed by atoms with Gasteiger partial charge in [0.15, 0.2) is 0 Å². The number of benzene rings is 1. The Hall–Kier alpha value is -2.21. The fourth-order valence-electron chi connectivity index (χ4n) is 2.94. The van der Waals surface area contributed by atoms with Crippen molar-refractivity contribution in [2.75, 3.05) is 11.9 Å². The lowest BCUT2D eigenvalue weighted by Crippen LogP contribution is -2.16. The minimum absolute atomic E-state index is 0.222. The van der Waals surface area contributed by atoms with E-state index in [1.54, 1.807) is 6.07 Å².